The van der Waals surface area contributed by atoms with E-state index in [-0.39, 0.29) is 13.0 Å². The van der Waals surface area contributed by atoms with Gasteiger partial charge in [0.25, 0.3) is 6.43 Å². The molecule has 0 heterocycles. The highest BCUT2D eigenvalue weighted by molar-refractivity contribution is 5.37. The fourth-order valence-corrected chi connectivity index (χ4v) is 1.00. The molecular weight excluding hydrogens is 205 g/mol. The maximum Gasteiger partial charge on any atom is 0.266 e. The zero-order chi connectivity index (χ0) is 11.3. The summed E-state index contributed by atoms with van der Waals surface area (Å²) in [6.07, 6.45) is -2.54. The first kappa shape index (κ1) is 11.6. The molecule has 0 radical (unpaired) electrons. The number of hydrogen-bond donors (Lipinski definition) is 1. The van der Waals surface area contributed by atoms with Gasteiger partial charge in [-0.25, -0.2) is 13.2 Å². The van der Waals surface area contributed by atoms with Crippen LogP contribution in [0, 0.1) is 17.7 Å². The summed E-state index contributed by atoms with van der Waals surface area (Å²) in [4.78, 5) is 0. The van der Waals surface area contributed by atoms with Crippen molar-refractivity contribution in [1.29, 1.82) is 0 Å². The molecule has 0 fully saturated rings. The van der Waals surface area contributed by atoms with Gasteiger partial charge >= 0.3 is 0 Å². The first-order valence-electron chi connectivity index (χ1n) is 4.32. The molecule has 0 spiro atoms. The molecule has 80 valence electrons. The van der Waals surface area contributed by atoms with Crippen molar-refractivity contribution in [2.75, 3.05) is 6.61 Å². The van der Waals surface area contributed by atoms with E-state index >= 15 is 0 Å². The molecule has 0 bridgehead atoms. The van der Waals surface area contributed by atoms with Crippen LogP contribution < -0.4 is 0 Å². The van der Waals surface area contributed by atoms with Crippen LogP contribution in [-0.2, 0) is 0 Å². The molecule has 1 rings (SSSR count). The minimum atomic E-state index is -2.82. The Morgan fingerprint density at radius 3 is 2.60 bits per heavy atom. The SMILES string of the molecule is OCCC#Cc1ccc(C(F)F)c(F)c1. The smallest absolute Gasteiger partial charge is 0.266 e. The predicted octanol–water partition coefficient (Wildman–Crippen LogP) is 2.50. The molecule has 1 aromatic rings. The van der Waals surface area contributed by atoms with Gasteiger partial charge in [-0.15, -0.1) is 0 Å². The summed E-state index contributed by atoms with van der Waals surface area (Å²) < 4.78 is 37.3. The monoisotopic (exact) mass is 214 g/mol. The summed E-state index contributed by atoms with van der Waals surface area (Å²) in [6.45, 7) is -0.0788. The van der Waals surface area contributed by atoms with E-state index < -0.39 is 17.8 Å². The van der Waals surface area contributed by atoms with Gasteiger partial charge in [0.1, 0.15) is 5.82 Å². The zero-order valence-electron chi connectivity index (χ0n) is 7.80. The topological polar surface area (TPSA) is 20.2 Å². The number of rotatable bonds is 2. The lowest BCUT2D eigenvalue weighted by Gasteiger charge is -2.01. The maximum atomic E-state index is 13.0. The Morgan fingerprint density at radius 1 is 1.33 bits per heavy atom. The second-order valence-electron chi connectivity index (χ2n) is 2.81. The number of alkyl halides is 2. The van der Waals surface area contributed by atoms with Crippen LogP contribution in [0.15, 0.2) is 18.2 Å². The molecule has 1 N–H and O–H groups in total. The van der Waals surface area contributed by atoms with Crippen molar-refractivity contribution >= 4 is 0 Å². The molecule has 0 saturated heterocycles. The van der Waals surface area contributed by atoms with Crippen molar-refractivity contribution in [2.45, 2.75) is 12.8 Å². The molecule has 4 heteroatoms. The molecule has 0 atom stereocenters. The van der Waals surface area contributed by atoms with Crippen molar-refractivity contribution in [3.63, 3.8) is 0 Å². The lowest BCUT2D eigenvalue weighted by atomic mass is 10.1. The summed E-state index contributed by atoms with van der Waals surface area (Å²) in [5.41, 5.74) is -0.298. The van der Waals surface area contributed by atoms with Crippen LogP contribution in [0.5, 0.6) is 0 Å². The number of hydrogen-bond acceptors (Lipinski definition) is 1. The number of halogens is 3. The van der Waals surface area contributed by atoms with Crippen LogP contribution in [-0.4, -0.2) is 11.7 Å². The molecule has 0 unspecified atom stereocenters. The van der Waals surface area contributed by atoms with E-state index in [2.05, 4.69) is 11.8 Å². The average molecular weight is 214 g/mol. The van der Waals surface area contributed by atoms with Gasteiger partial charge in [0, 0.05) is 12.0 Å². The van der Waals surface area contributed by atoms with Crippen molar-refractivity contribution in [3.8, 4) is 11.8 Å². The van der Waals surface area contributed by atoms with E-state index in [9.17, 15) is 13.2 Å². The summed E-state index contributed by atoms with van der Waals surface area (Å²) in [6, 6.07) is 3.31. The van der Waals surface area contributed by atoms with E-state index in [4.69, 9.17) is 5.11 Å². The van der Waals surface area contributed by atoms with Crippen LogP contribution in [0.4, 0.5) is 13.2 Å². The molecular formula is C11H9F3O. The lowest BCUT2D eigenvalue weighted by molar-refractivity contribution is 0.146. The van der Waals surface area contributed by atoms with Gasteiger partial charge < -0.3 is 5.11 Å². The van der Waals surface area contributed by atoms with Crippen LogP contribution in [0.25, 0.3) is 0 Å². The fraction of sp³-hybridized carbons (Fsp3) is 0.273. The molecule has 0 saturated carbocycles. The van der Waals surface area contributed by atoms with Gasteiger partial charge in [-0.1, -0.05) is 11.8 Å². The predicted molar refractivity (Wildman–Crippen MR) is 49.9 cm³/mol. The second kappa shape index (κ2) is 5.42. The minimum absolute atomic E-state index is 0.0788. The molecule has 15 heavy (non-hydrogen) atoms. The van der Waals surface area contributed by atoms with Gasteiger partial charge in [0.15, 0.2) is 0 Å². The van der Waals surface area contributed by atoms with E-state index in [1.807, 2.05) is 0 Å². The van der Waals surface area contributed by atoms with Crippen molar-refractivity contribution in [1.82, 2.24) is 0 Å². The second-order valence-corrected chi connectivity index (χ2v) is 2.81. The molecule has 0 aliphatic rings. The van der Waals surface area contributed by atoms with Crippen molar-refractivity contribution < 1.29 is 18.3 Å². The van der Waals surface area contributed by atoms with Gasteiger partial charge in [0.05, 0.1) is 12.2 Å². The van der Waals surface area contributed by atoms with Crippen LogP contribution >= 0.6 is 0 Å². The Kier molecular flexibility index (Phi) is 4.19. The van der Waals surface area contributed by atoms with Crippen molar-refractivity contribution in [3.05, 3.63) is 35.1 Å². The Bertz CT molecular complexity index is 391. The fourth-order valence-electron chi connectivity index (χ4n) is 1.00. The van der Waals surface area contributed by atoms with E-state index in [0.717, 1.165) is 12.1 Å². The van der Waals surface area contributed by atoms with Crippen LogP contribution in [0.3, 0.4) is 0 Å². The highest BCUT2D eigenvalue weighted by Gasteiger charge is 2.12. The molecule has 0 aliphatic heterocycles. The maximum absolute atomic E-state index is 13.0. The summed E-state index contributed by atoms with van der Waals surface area (Å²) in [5.74, 6) is 4.17. The van der Waals surface area contributed by atoms with Gasteiger partial charge in [0.2, 0.25) is 0 Å². The average Bonchev–Trinajstić information content (AvgIpc) is 2.17. The molecule has 1 aromatic carbocycles. The Labute approximate surface area is 85.5 Å². The number of benzene rings is 1. The zero-order valence-corrected chi connectivity index (χ0v) is 7.80. The molecule has 0 aromatic heterocycles. The lowest BCUT2D eigenvalue weighted by Crippen LogP contribution is -1.91. The van der Waals surface area contributed by atoms with E-state index in [1.54, 1.807) is 0 Å². The summed E-state index contributed by atoms with van der Waals surface area (Å²) >= 11 is 0. The van der Waals surface area contributed by atoms with Crippen LogP contribution in [0.2, 0.25) is 0 Å². The summed E-state index contributed by atoms with van der Waals surface area (Å²) in [7, 11) is 0. The first-order chi connectivity index (χ1) is 7.15. The highest BCUT2D eigenvalue weighted by Crippen LogP contribution is 2.22. The highest BCUT2D eigenvalue weighted by atomic mass is 19.3. The molecule has 0 amide bonds. The molecule has 1 nitrogen and oxygen atoms in total. The Balaban J connectivity index is 2.88. The third-order valence-electron chi connectivity index (χ3n) is 1.71. The third kappa shape index (κ3) is 3.30. The third-order valence-corrected chi connectivity index (χ3v) is 1.71. The van der Waals surface area contributed by atoms with Gasteiger partial charge in [-0.2, -0.15) is 0 Å². The normalized spacial score (nSPS) is 9.93. The minimum Gasteiger partial charge on any atom is -0.395 e. The number of aliphatic hydroxyl groups is 1. The number of aliphatic hydroxyl groups excluding tert-OH is 1. The van der Waals surface area contributed by atoms with E-state index in [1.165, 1.54) is 6.07 Å². The largest absolute Gasteiger partial charge is 0.395 e. The van der Waals surface area contributed by atoms with Crippen LogP contribution in [0.1, 0.15) is 24.0 Å². The first-order valence-corrected chi connectivity index (χ1v) is 4.32. The standard InChI is InChI=1S/C11H9F3O/c12-10-7-8(3-1-2-6-15)4-5-9(10)11(13)14/h4-5,7,11,15H,2,6H2. The summed E-state index contributed by atoms with van der Waals surface area (Å²) in [5, 5.41) is 8.44. The van der Waals surface area contributed by atoms with Gasteiger partial charge in [-0.05, 0) is 18.2 Å². The Morgan fingerprint density at radius 2 is 2.07 bits per heavy atom. The van der Waals surface area contributed by atoms with E-state index in [0.29, 0.717) is 5.56 Å². The van der Waals surface area contributed by atoms with Crippen molar-refractivity contribution in [2.24, 2.45) is 0 Å². The quantitative estimate of drug-likeness (QED) is 0.750. The molecule has 0 aliphatic carbocycles. The Hall–Kier alpha value is -1.47. The van der Waals surface area contributed by atoms with Gasteiger partial charge in [-0.3, -0.25) is 0 Å².